The summed E-state index contributed by atoms with van der Waals surface area (Å²) in [5.41, 5.74) is 0. The third-order valence-electron chi connectivity index (χ3n) is 2.96. The monoisotopic (exact) mass is 308 g/mol. The molecule has 0 aliphatic carbocycles. The van der Waals surface area contributed by atoms with E-state index in [2.05, 4.69) is 34.6 Å². The zero-order chi connectivity index (χ0) is 16.4. The van der Waals surface area contributed by atoms with Crippen molar-refractivity contribution in [2.24, 2.45) is 10.9 Å². The maximum atomic E-state index is 11.6. The molecule has 0 atom stereocenters. The summed E-state index contributed by atoms with van der Waals surface area (Å²) in [5.74, 6) is 1.19. The predicted molar refractivity (Wildman–Crippen MR) is 88.7 cm³/mol. The lowest BCUT2D eigenvalue weighted by Crippen LogP contribution is -2.40. The van der Waals surface area contributed by atoms with E-state index in [-0.39, 0.29) is 12.5 Å². The van der Waals surface area contributed by atoms with Crippen molar-refractivity contribution in [1.29, 1.82) is 0 Å². The van der Waals surface area contributed by atoms with Gasteiger partial charge >= 0.3 is 0 Å². The van der Waals surface area contributed by atoms with E-state index in [0.717, 1.165) is 26.1 Å². The number of guanidine groups is 1. The number of aliphatic imine (C=N–C) groups is 1. The van der Waals surface area contributed by atoms with E-state index in [1.807, 2.05) is 16.9 Å². The molecule has 1 aromatic heterocycles. The number of aromatic nitrogens is 2. The van der Waals surface area contributed by atoms with Crippen molar-refractivity contribution in [1.82, 2.24) is 25.3 Å². The van der Waals surface area contributed by atoms with Crippen LogP contribution in [-0.2, 0) is 11.3 Å². The van der Waals surface area contributed by atoms with Crippen LogP contribution in [0.1, 0.15) is 20.3 Å². The summed E-state index contributed by atoms with van der Waals surface area (Å²) >= 11 is 0. The number of nitrogens with zero attached hydrogens (tertiary/aromatic N) is 4. The first-order chi connectivity index (χ1) is 10.5. The van der Waals surface area contributed by atoms with Gasteiger partial charge in [-0.25, -0.2) is 4.99 Å². The standard InChI is InChI=1S/C15H28N6O/c1-13(2)11-17-15(18-12-14(22)20(3)4)16-7-5-9-21-10-6-8-19-21/h6,8,10,13H,5,7,9,11-12H2,1-4H3,(H2,16,17,18). The molecule has 0 saturated heterocycles. The summed E-state index contributed by atoms with van der Waals surface area (Å²) in [6.07, 6.45) is 4.66. The van der Waals surface area contributed by atoms with Crippen LogP contribution in [0.5, 0.6) is 0 Å². The van der Waals surface area contributed by atoms with E-state index < -0.39 is 0 Å². The Hall–Kier alpha value is -2.05. The minimum absolute atomic E-state index is 0.0119. The normalized spacial score (nSPS) is 11.6. The predicted octanol–water partition coefficient (Wildman–Crippen LogP) is 0.553. The minimum atomic E-state index is -0.0119. The maximum absolute atomic E-state index is 11.6. The molecule has 2 N–H and O–H groups in total. The third-order valence-corrected chi connectivity index (χ3v) is 2.96. The summed E-state index contributed by atoms with van der Waals surface area (Å²) in [6.45, 7) is 6.87. The summed E-state index contributed by atoms with van der Waals surface area (Å²) in [6, 6.07) is 1.91. The average molecular weight is 308 g/mol. The second kappa shape index (κ2) is 9.81. The molecule has 0 saturated carbocycles. The second-order valence-electron chi connectivity index (χ2n) is 5.78. The molecule has 0 aromatic carbocycles. The fourth-order valence-corrected chi connectivity index (χ4v) is 1.64. The minimum Gasteiger partial charge on any atom is -0.356 e. The Balaban J connectivity index is 2.39. The van der Waals surface area contributed by atoms with Crippen molar-refractivity contribution in [3.8, 4) is 0 Å². The molecule has 0 bridgehead atoms. The average Bonchev–Trinajstić information content (AvgIpc) is 2.97. The smallest absolute Gasteiger partial charge is 0.243 e. The number of carbonyl (C=O) groups excluding carboxylic acids is 1. The van der Waals surface area contributed by atoms with Gasteiger partial charge in [0.2, 0.25) is 5.91 Å². The van der Waals surface area contributed by atoms with Crippen LogP contribution in [0.2, 0.25) is 0 Å². The van der Waals surface area contributed by atoms with E-state index >= 15 is 0 Å². The number of hydrogen-bond acceptors (Lipinski definition) is 3. The molecule has 0 unspecified atom stereocenters. The SMILES string of the molecule is CC(C)CNC(=NCC(=O)N(C)C)NCCCn1cccn1. The maximum Gasteiger partial charge on any atom is 0.243 e. The summed E-state index contributed by atoms with van der Waals surface area (Å²) in [5, 5.41) is 10.7. The molecule has 0 aliphatic heterocycles. The molecule has 7 nitrogen and oxygen atoms in total. The van der Waals surface area contributed by atoms with Crippen molar-refractivity contribution >= 4 is 11.9 Å². The van der Waals surface area contributed by atoms with Crippen LogP contribution in [0.25, 0.3) is 0 Å². The van der Waals surface area contributed by atoms with Gasteiger partial charge in [-0.2, -0.15) is 5.10 Å². The molecule has 0 fully saturated rings. The van der Waals surface area contributed by atoms with Crippen molar-refractivity contribution in [2.75, 3.05) is 33.7 Å². The van der Waals surface area contributed by atoms with E-state index in [1.54, 1.807) is 25.2 Å². The van der Waals surface area contributed by atoms with Crippen molar-refractivity contribution in [2.45, 2.75) is 26.8 Å². The van der Waals surface area contributed by atoms with E-state index in [1.165, 1.54) is 0 Å². The van der Waals surface area contributed by atoms with Gasteiger partial charge in [-0.3, -0.25) is 9.48 Å². The largest absolute Gasteiger partial charge is 0.356 e. The fourth-order valence-electron chi connectivity index (χ4n) is 1.64. The topological polar surface area (TPSA) is 74.6 Å². The fraction of sp³-hybridized carbons (Fsp3) is 0.667. The molecule has 7 heteroatoms. The molecule has 0 aliphatic rings. The number of rotatable bonds is 8. The number of nitrogens with one attached hydrogen (secondary N) is 2. The molecule has 1 rings (SSSR count). The highest BCUT2D eigenvalue weighted by atomic mass is 16.2. The molecule has 1 aromatic rings. The van der Waals surface area contributed by atoms with Gasteiger partial charge in [-0.05, 0) is 18.4 Å². The number of aryl methyl sites for hydroxylation is 1. The quantitative estimate of drug-likeness (QED) is 0.418. The summed E-state index contributed by atoms with van der Waals surface area (Å²) in [4.78, 5) is 17.5. The lowest BCUT2D eigenvalue weighted by Gasteiger charge is -2.15. The summed E-state index contributed by atoms with van der Waals surface area (Å²) < 4.78 is 1.90. The molecule has 0 spiro atoms. The molecule has 0 radical (unpaired) electrons. The van der Waals surface area contributed by atoms with Gasteiger partial charge in [0.05, 0.1) is 0 Å². The van der Waals surface area contributed by atoms with Crippen LogP contribution in [0.4, 0.5) is 0 Å². The Morgan fingerprint density at radius 1 is 1.36 bits per heavy atom. The lowest BCUT2D eigenvalue weighted by atomic mass is 10.2. The highest BCUT2D eigenvalue weighted by molar-refractivity contribution is 5.84. The van der Waals surface area contributed by atoms with Crippen molar-refractivity contribution in [3.63, 3.8) is 0 Å². The van der Waals surface area contributed by atoms with Crippen LogP contribution in [0.3, 0.4) is 0 Å². The van der Waals surface area contributed by atoms with Gasteiger partial charge < -0.3 is 15.5 Å². The number of hydrogen-bond donors (Lipinski definition) is 2. The molecule has 124 valence electrons. The van der Waals surface area contributed by atoms with Gasteiger partial charge in [0, 0.05) is 46.1 Å². The van der Waals surface area contributed by atoms with Crippen LogP contribution >= 0.6 is 0 Å². The number of carbonyl (C=O) groups is 1. The van der Waals surface area contributed by atoms with Crippen molar-refractivity contribution in [3.05, 3.63) is 18.5 Å². The molecular weight excluding hydrogens is 280 g/mol. The van der Waals surface area contributed by atoms with E-state index in [0.29, 0.717) is 11.9 Å². The second-order valence-corrected chi connectivity index (χ2v) is 5.78. The van der Waals surface area contributed by atoms with Crippen molar-refractivity contribution < 1.29 is 4.79 Å². The summed E-state index contributed by atoms with van der Waals surface area (Å²) in [7, 11) is 3.47. The van der Waals surface area contributed by atoms with Crippen LogP contribution in [0.15, 0.2) is 23.5 Å². The highest BCUT2D eigenvalue weighted by Gasteiger charge is 2.05. The van der Waals surface area contributed by atoms with Gasteiger partial charge in [0.1, 0.15) is 6.54 Å². The Bertz CT molecular complexity index is 453. The lowest BCUT2D eigenvalue weighted by molar-refractivity contribution is -0.127. The van der Waals surface area contributed by atoms with Gasteiger partial charge in [-0.1, -0.05) is 13.8 Å². The number of likely N-dealkylation sites (N-methyl/N-ethyl adjacent to an activating group) is 1. The van der Waals surface area contributed by atoms with Gasteiger partial charge in [0.15, 0.2) is 5.96 Å². The van der Waals surface area contributed by atoms with Crippen LogP contribution in [-0.4, -0.2) is 60.3 Å². The zero-order valence-corrected chi connectivity index (χ0v) is 14.0. The van der Waals surface area contributed by atoms with Gasteiger partial charge in [0.25, 0.3) is 0 Å². The molecule has 1 amide bonds. The Morgan fingerprint density at radius 3 is 2.73 bits per heavy atom. The highest BCUT2D eigenvalue weighted by Crippen LogP contribution is 1.90. The first-order valence-electron chi connectivity index (χ1n) is 7.68. The first kappa shape index (κ1) is 18.0. The molecular formula is C15H28N6O. The van der Waals surface area contributed by atoms with Crippen LogP contribution < -0.4 is 10.6 Å². The molecule has 1 heterocycles. The Morgan fingerprint density at radius 2 is 2.14 bits per heavy atom. The number of amides is 1. The zero-order valence-electron chi connectivity index (χ0n) is 14.0. The third kappa shape index (κ3) is 7.66. The van der Waals surface area contributed by atoms with E-state index in [4.69, 9.17) is 0 Å². The Kier molecular flexibility index (Phi) is 8.03. The van der Waals surface area contributed by atoms with Gasteiger partial charge in [-0.15, -0.1) is 0 Å². The molecule has 22 heavy (non-hydrogen) atoms. The first-order valence-corrected chi connectivity index (χ1v) is 7.68. The van der Waals surface area contributed by atoms with E-state index in [9.17, 15) is 4.79 Å². The van der Waals surface area contributed by atoms with Crippen LogP contribution in [0, 0.1) is 5.92 Å². The Labute approximate surface area is 132 Å².